The highest BCUT2D eigenvalue weighted by Crippen LogP contribution is 2.32. The topological polar surface area (TPSA) is 72.2 Å². The van der Waals surface area contributed by atoms with E-state index in [1.807, 2.05) is 0 Å². The van der Waals surface area contributed by atoms with Gasteiger partial charge in [-0.15, -0.1) is 0 Å². The SMILES string of the molecule is NSc1ccccc1NS(=O)(=O)c1cccc(-c2ccc(Cl)cc2Cl)c1. The maximum atomic E-state index is 12.8. The first-order valence-corrected chi connectivity index (χ1v) is 10.6. The summed E-state index contributed by atoms with van der Waals surface area (Å²) >= 11 is 13.1. The van der Waals surface area contributed by atoms with E-state index in [9.17, 15) is 8.42 Å². The zero-order chi connectivity index (χ0) is 18.7. The minimum atomic E-state index is -3.79. The lowest BCUT2D eigenvalue weighted by Crippen LogP contribution is -2.13. The van der Waals surface area contributed by atoms with Crippen LogP contribution in [-0.2, 0) is 10.0 Å². The number of para-hydroxylation sites is 1. The van der Waals surface area contributed by atoms with E-state index >= 15 is 0 Å². The third-order valence-corrected chi connectivity index (χ3v) is 6.17. The van der Waals surface area contributed by atoms with Crippen LogP contribution in [0.4, 0.5) is 5.69 Å². The molecule has 3 aromatic carbocycles. The number of anilines is 1. The summed E-state index contributed by atoms with van der Waals surface area (Å²) in [7, 11) is -3.79. The average molecular weight is 425 g/mol. The van der Waals surface area contributed by atoms with Crippen molar-refractivity contribution < 1.29 is 8.42 Å². The Hall–Kier alpha value is -1.70. The Morgan fingerprint density at radius 1 is 0.923 bits per heavy atom. The molecule has 0 bridgehead atoms. The number of nitrogens with one attached hydrogen (secondary N) is 1. The summed E-state index contributed by atoms with van der Waals surface area (Å²) in [6, 6.07) is 18.5. The molecule has 0 amide bonds. The molecule has 0 aromatic heterocycles. The molecule has 3 aromatic rings. The van der Waals surface area contributed by atoms with Crippen molar-refractivity contribution in [2.45, 2.75) is 9.79 Å². The zero-order valence-corrected chi connectivity index (χ0v) is 16.5. The number of benzene rings is 3. The van der Waals surface area contributed by atoms with Crippen molar-refractivity contribution in [2.24, 2.45) is 5.14 Å². The smallest absolute Gasteiger partial charge is 0.261 e. The highest BCUT2D eigenvalue weighted by atomic mass is 35.5. The molecule has 0 aliphatic heterocycles. The molecule has 0 radical (unpaired) electrons. The highest BCUT2D eigenvalue weighted by molar-refractivity contribution is 7.97. The molecule has 0 atom stereocenters. The molecule has 0 aliphatic rings. The van der Waals surface area contributed by atoms with E-state index in [1.54, 1.807) is 60.7 Å². The Morgan fingerprint density at radius 2 is 1.69 bits per heavy atom. The van der Waals surface area contributed by atoms with Crippen LogP contribution >= 0.6 is 35.1 Å². The molecule has 0 unspecified atom stereocenters. The number of nitrogens with two attached hydrogens (primary N) is 1. The van der Waals surface area contributed by atoms with Crippen molar-refractivity contribution in [1.29, 1.82) is 0 Å². The van der Waals surface area contributed by atoms with Gasteiger partial charge in [0, 0.05) is 20.5 Å². The molecule has 0 saturated heterocycles. The molecule has 0 heterocycles. The van der Waals surface area contributed by atoms with Gasteiger partial charge in [0.05, 0.1) is 10.6 Å². The van der Waals surface area contributed by atoms with E-state index in [0.717, 1.165) is 11.9 Å². The fourth-order valence-electron chi connectivity index (χ4n) is 2.41. The molecule has 3 N–H and O–H groups in total. The van der Waals surface area contributed by atoms with E-state index in [1.165, 1.54) is 6.07 Å². The second-order valence-corrected chi connectivity index (χ2v) is 8.57. The third kappa shape index (κ3) is 4.16. The Kier molecular flexibility index (Phi) is 5.79. The first-order chi connectivity index (χ1) is 12.4. The van der Waals surface area contributed by atoms with E-state index in [-0.39, 0.29) is 4.90 Å². The summed E-state index contributed by atoms with van der Waals surface area (Å²) in [6.07, 6.45) is 0. The van der Waals surface area contributed by atoms with E-state index in [0.29, 0.717) is 31.8 Å². The molecule has 0 spiro atoms. The molecule has 0 aliphatic carbocycles. The van der Waals surface area contributed by atoms with Crippen LogP contribution in [0.15, 0.2) is 76.5 Å². The van der Waals surface area contributed by atoms with Crippen LogP contribution in [0.3, 0.4) is 0 Å². The minimum Gasteiger partial charge on any atom is -0.278 e. The van der Waals surface area contributed by atoms with E-state index in [2.05, 4.69) is 4.72 Å². The summed E-state index contributed by atoms with van der Waals surface area (Å²) in [4.78, 5) is 0.755. The number of hydrogen-bond acceptors (Lipinski definition) is 4. The van der Waals surface area contributed by atoms with Crippen molar-refractivity contribution >= 4 is 50.9 Å². The average Bonchev–Trinajstić information content (AvgIpc) is 2.62. The van der Waals surface area contributed by atoms with Gasteiger partial charge >= 0.3 is 0 Å². The van der Waals surface area contributed by atoms with Crippen LogP contribution in [0, 0.1) is 0 Å². The molecular weight excluding hydrogens is 411 g/mol. The minimum absolute atomic E-state index is 0.123. The van der Waals surface area contributed by atoms with Gasteiger partial charge in [0.25, 0.3) is 10.0 Å². The lowest BCUT2D eigenvalue weighted by Gasteiger charge is -2.12. The number of halogens is 2. The summed E-state index contributed by atoms with van der Waals surface area (Å²) < 4.78 is 28.1. The van der Waals surface area contributed by atoms with Crippen LogP contribution in [0.25, 0.3) is 11.1 Å². The van der Waals surface area contributed by atoms with Gasteiger partial charge in [-0.05, 0) is 53.9 Å². The Balaban J connectivity index is 1.99. The molecule has 134 valence electrons. The van der Waals surface area contributed by atoms with Crippen LogP contribution in [-0.4, -0.2) is 8.42 Å². The van der Waals surface area contributed by atoms with Crippen LogP contribution in [0.5, 0.6) is 0 Å². The molecule has 4 nitrogen and oxygen atoms in total. The third-order valence-electron chi connectivity index (χ3n) is 3.64. The van der Waals surface area contributed by atoms with E-state index in [4.69, 9.17) is 28.3 Å². The normalized spacial score (nSPS) is 11.3. The quantitative estimate of drug-likeness (QED) is 0.535. The van der Waals surface area contributed by atoms with Crippen LogP contribution < -0.4 is 9.86 Å². The summed E-state index contributed by atoms with van der Waals surface area (Å²) in [5.41, 5.74) is 1.80. The zero-order valence-electron chi connectivity index (χ0n) is 13.3. The lowest BCUT2D eigenvalue weighted by atomic mass is 10.1. The van der Waals surface area contributed by atoms with Gasteiger partial charge in [0.2, 0.25) is 0 Å². The maximum absolute atomic E-state index is 12.8. The molecule has 0 saturated carbocycles. The number of sulfonamides is 1. The first-order valence-electron chi connectivity index (χ1n) is 7.45. The largest absolute Gasteiger partial charge is 0.278 e. The second-order valence-electron chi connectivity index (χ2n) is 5.37. The molecule has 26 heavy (non-hydrogen) atoms. The Bertz CT molecular complexity index is 1060. The monoisotopic (exact) mass is 424 g/mol. The van der Waals surface area contributed by atoms with Crippen LogP contribution in [0.2, 0.25) is 10.0 Å². The summed E-state index contributed by atoms with van der Waals surface area (Å²) in [5.74, 6) is 0. The maximum Gasteiger partial charge on any atom is 0.261 e. The Labute approximate surface area is 166 Å². The summed E-state index contributed by atoms with van der Waals surface area (Å²) in [6.45, 7) is 0. The first kappa shape index (κ1) is 19.1. The van der Waals surface area contributed by atoms with Crippen molar-refractivity contribution in [2.75, 3.05) is 4.72 Å². The standard InChI is InChI=1S/C18H14Cl2N2O2S2/c19-13-8-9-15(16(20)11-13)12-4-3-5-14(10-12)26(23,24)22-17-6-1-2-7-18(17)25-21/h1-11,22H,21H2. The van der Waals surface area contributed by atoms with Gasteiger partial charge in [-0.3, -0.25) is 9.86 Å². The highest BCUT2D eigenvalue weighted by Gasteiger charge is 2.17. The Morgan fingerprint density at radius 3 is 2.42 bits per heavy atom. The van der Waals surface area contributed by atoms with Gasteiger partial charge < -0.3 is 0 Å². The van der Waals surface area contributed by atoms with Crippen molar-refractivity contribution in [3.8, 4) is 11.1 Å². The van der Waals surface area contributed by atoms with Crippen LogP contribution in [0.1, 0.15) is 0 Å². The number of hydrogen-bond donors (Lipinski definition) is 2. The van der Waals surface area contributed by atoms with Gasteiger partial charge in [-0.2, -0.15) is 0 Å². The molecule has 0 fully saturated rings. The summed E-state index contributed by atoms with van der Waals surface area (Å²) in [5, 5.41) is 6.56. The number of rotatable bonds is 5. The fourth-order valence-corrected chi connectivity index (χ4v) is 4.52. The predicted octanol–water partition coefficient (Wildman–Crippen LogP) is 5.43. The molecule has 3 rings (SSSR count). The van der Waals surface area contributed by atoms with Crippen molar-refractivity contribution in [3.05, 3.63) is 76.8 Å². The lowest BCUT2D eigenvalue weighted by molar-refractivity contribution is 0.601. The molecular formula is C18H14Cl2N2O2S2. The van der Waals surface area contributed by atoms with Gasteiger partial charge in [0.1, 0.15) is 0 Å². The van der Waals surface area contributed by atoms with E-state index < -0.39 is 10.0 Å². The molecule has 8 heteroatoms. The van der Waals surface area contributed by atoms with Gasteiger partial charge in [-0.25, -0.2) is 8.42 Å². The second kappa shape index (κ2) is 7.90. The van der Waals surface area contributed by atoms with Gasteiger partial charge in [0.15, 0.2) is 0 Å². The van der Waals surface area contributed by atoms with Gasteiger partial charge in [-0.1, -0.05) is 53.5 Å². The van der Waals surface area contributed by atoms with Crippen molar-refractivity contribution in [3.63, 3.8) is 0 Å². The van der Waals surface area contributed by atoms with Crippen molar-refractivity contribution in [1.82, 2.24) is 0 Å². The predicted molar refractivity (Wildman–Crippen MR) is 109 cm³/mol. The fraction of sp³-hybridized carbons (Fsp3) is 0.